The van der Waals surface area contributed by atoms with Crippen LogP contribution in [0.1, 0.15) is 76.7 Å². The summed E-state index contributed by atoms with van der Waals surface area (Å²) in [6.45, 7) is 0. The maximum absolute atomic E-state index is 14.0. The van der Waals surface area contributed by atoms with Crippen LogP contribution in [0.25, 0.3) is 22.4 Å². The SMILES string of the molecule is O=c1nccc(-c2nc3ccccc3n([C@H]3C[C@H]4CCC[C@@H](C3)N4[C@H]3C[C@@H]4CCC[C@@H](C4)C3)c2=O)[nH]1. The zero-order valence-electron chi connectivity index (χ0n) is 20.8. The van der Waals surface area contributed by atoms with E-state index in [0.717, 1.165) is 41.8 Å². The first-order valence-corrected chi connectivity index (χ1v) is 14.0. The van der Waals surface area contributed by atoms with Gasteiger partial charge >= 0.3 is 5.69 Å². The summed E-state index contributed by atoms with van der Waals surface area (Å²) in [6, 6.07) is 11.6. The second kappa shape index (κ2) is 8.94. The fourth-order valence-corrected chi connectivity index (χ4v) is 8.33. The van der Waals surface area contributed by atoms with Crippen molar-refractivity contribution in [1.82, 2.24) is 24.4 Å². The lowest BCUT2D eigenvalue weighted by Gasteiger charge is -2.55. The topological polar surface area (TPSA) is 83.9 Å². The highest BCUT2D eigenvalue weighted by Gasteiger charge is 2.45. The predicted octanol–water partition coefficient (Wildman–Crippen LogP) is 4.67. The Bertz CT molecular complexity index is 1370. The molecule has 2 saturated heterocycles. The maximum Gasteiger partial charge on any atom is 0.345 e. The highest BCUT2D eigenvalue weighted by atomic mass is 16.1. The summed E-state index contributed by atoms with van der Waals surface area (Å²) in [7, 11) is 0. The van der Waals surface area contributed by atoms with Gasteiger partial charge in [-0.25, -0.2) is 14.8 Å². The molecule has 0 spiro atoms. The van der Waals surface area contributed by atoms with E-state index in [2.05, 4.69) is 14.9 Å². The standard InChI is InChI=1S/C29H35N5O2/c35-28-27(25-11-12-30-29(36)32-25)31-24-9-1-2-10-26(24)34(28)23-16-20-7-4-8-21(17-23)33(20)22-14-18-5-3-6-19(13-18)15-22/h1-2,9-12,18-23H,3-8,13-17H2,(H,30,32,36)/t18-,19+,20-,21+,22+,23+. The molecule has 2 aliphatic carbocycles. The van der Waals surface area contributed by atoms with Gasteiger partial charge in [-0.1, -0.05) is 37.8 Å². The van der Waals surface area contributed by atoms with Gasteiger partial charge in [0.15, 0.2) is 5.69 Å². The van der Waals surface area contributed by atoms with Gasteiger partial charge in [0.25, 0.3) is 5.56 Å². The molecule has 2 aromatic heterocycles. The Balaban J connectivity index is 1.27. The van der Waals surface area contributed by atoms with Crippen LogP contribution in [0.2, 0.25) is 0 Å². The summed E-state index contributed by atoms with van der Waals surface area (Å²) in [5.41, 5.74) is 1.85. The van der Waals surface area contributed by atoms with E-state index in [1.165, 1.54) is 64.0 Å². The van der Waals surface area contributed by atoms with E-state index in [9.17, 15) is 9.59 Å². The van der Waals surface area contributed by atoms with Crippen LogP contribution in [0.15, 0.2) is 46.1 Å². The van der Waals surface area contributed by atoms with E-state index >= 15 is 0 Å². The number of hydrogen-bond acceptors (Lipinski definition) is 5. The minimum Gasteiger partial charge on any atom is -0.304 e. The summed E-state index contributed by atoms with van der Waals surface area (Å²) in [6.07, 6.45) is 15.8. The van der Waals surface area contributed by atoms with Crippen molar-refractivity contribution in [3.05, 3.63) is 57.4 Å². The Morgan fingerprint density at radius 3 is 2.25 bits per heavy atom. The molecule has 6 atom stereocenters. The van der Waals surface area contributed by atoms with Gasteiger partial charge in [0.05, 0.1) is 16.7 Å². The molecule has 4 fully saturated rings. The molecule has 2 aliphatic heterocycles. The summed E-state index contributed by atoms with van der Waals surface area (Å²) >= 11 is 0. The van der Waals surface area contributed by atoms with Crippen LogP contribution in [-0.2, 0) is 0 Å². The van der Waals surface area contributed by atoms with Gasteiger partial charge in [0, 0.05) is 30.4 Å². The molecule has 36 heavy (non-hydrogen) atoms. The van der Waals surface area contributed by atoms with Gasteiger partial charge in [0.1, 0.15) is 0 Å². The van der Waals surface area contributed by atoms with Crippen molar-refractivity contribution in [3.8, 4) is 11.4 Å². The van der Waals surface area contributed by atoms with E-state index < -0.39 is 5.69 Å². The Kier molecular flexibility index (Phi) is 5.57. The van der Waals surface area contributed by atoms with Crippen LogP contribution < -0.4 is 11.2 Å². The van der Waals surface area contributed by atoms with E-state index in [0.29, 0.717) is 23.5 Å². The predicted molar refractivity (Wildman–Crippen MR) is 140 cm³/mol. The Hall–Kier alpha value is -2.80. The van der Waals surface area contributed by atoms with Gasteiger partial charge in [-0.05, 0) is 75.0 Å². The number of para-hydroxylation sites is 2. The van der Waals surface area contributed by atoms with Gasteiger partial charge in [-0.15, -0.1) is 0 Å². The molecule has 0 radical (unpaired) electrons. The summed E-state index contributed by atoms with van der Waals surface area (Å²) < 4.78 is 2.01. The van der Waals surface area contributed by atoms with Gasteiger partial charge < -0.3 is 9.55 Å². The number of hydrogen-bond donors (Lipinski definition) is 1. The number of aromatic nitrogens is 4. The highest BCUT2D eigenvalue weighted by Crippen LogP contribution is 2.47. The number of fused-ring (bicyclic) bond motifs is 5. The van der Waals surface area contributed by atoms with Crippen molar-refractivity contribution in [2.75, 3.05) is 0 Å². The largest absolute Gasteiger partial charge is 0.345 e. The van der Waals surface area contributed by atoms with Crippen molar-refractivity contribution in [2.45, 2.75) is 94.8 Å². The third kappa shape index (κ3) is 3.83. The molecule has 2 saturated carbocycles. The van der Waals surface area contributed by atoms with Crippen LogP contribution in [0.4, 0.5) is 0 Å². The molecule has 7 nitrogen and oxygen atoms in total. The molecule has 1 aromatic carbocycles. The Morgan fingerprint density at radius 2 is 1.50 bits per heavy atom. The first kappa shape index (κ1) is 22.4. The first-order valence-electron chi connectivity index (χ1n) is 14.0. The molecule has 4 bridgehead atoms. The molecule has 7 heteroatoms. The highest BCUT2D eigenvalue weighted by molar-refractivity contribution is 5.77. The third-order valence-corrected chi connectivity index (χ3v) is 9.62. The lowest BCUT2D eigenvalue weighted by atomic mass is 9.68. The van der Waals surface area contributed by atoms with E-state index in [1.807, 2.05) is 28.8 Å². The van der Waals surface area contributed by atoms with E-state index in [4.69, 9.17) is 4.98 Å². The zero-order chi connectivity index (χ0) is 24.2. The minimum atomic E-state index is -0.464. The van der Waals surface area contributed by atoms with Crippen molar-refractivity contribution in [1.29, 1.82) is 0 Å². The molecule has 3 aromatic rings. The molecular formula is C29H35N5O2. The number of aromatic amines is 1. The number of rotatable bonds is 3. The summed E-state index contributed by atoms with van der Waals surface area (Å²) in [5, 5.41) is 0. The van der Waals surface area contributed by atoms with Crippen LogP contribution in [-0.4, -0.2) is 42.5 Å². The lowest BCUT2D eigenvalue weighted by molar-refractivity contribution is -0.0485. The number of benzene rings is 1. The minimum absolute atomic E-state index is 0.112. The quantitative estimate of drug-likeness (QED) is 0.583. The Labute approximate surface area is 211 Å². The molecule has 1 N–H and O–H groups in total. The number of nitrogens with one attached hydrogen (secondary N) is 1. The molecule has 0 unspecified atom stereocenters. The second-order valence-electron chi connectivity index (χ2n) is 11.7. The monoisotopic (exact) mass is 485 g/mol. The van der Waals surface area contributed by atoms with Crippen molar-refractivity contribution < 1.29 is 0 Å². The molecule has 4 aliphatic rings. The first-order chi connectivity index (χ1) is 17.6. The number of nitrogens with zero attached hydrogens (tertiary/aromatic N) is 4. The average Bonchev–Trinajstić information content (AvgIpc) is 2.87. The summed E-state index contributed by atoms with van der Waals surface area (Å²) in [5.74, 6) is 1.86. The Morgan fingerprint density at radius 1 is 0.778 bits per heavy atom. The van der Waals surface area contributed by atoms with Gasteiger partial charge in [-0.2, -0.15) is 0 Å². The maximum atomic E-state index is 14.0. The van der Waals surface area contributed by atoms with Crippen molar-refractivity contribution in [2.24, 2.45) is 11.8 Å². The van der Waals surface area contributed by atoms with Crippen LogP contribution in [0.3, 0.4) is 0 Å². The normalized spacial score (nSPS) is 32.4. The van der Waals surface area contributed by atoms with Crippen LogP contribution >= 0.6 is 0 Å². The molecule has 0 amide bonds. The number of piperidine rings is 2. The molecule has 7 rings (SSSR count). The second-order valence-corrected chi connectivity index (χ2v) is 11.7. The van der Waals surface area contributed by atoms with E-state index in [-0.39, 0.29) is 11.6 Å². The fraction of sp³-hybridized carbons (Fsp3) is 0.586. The lowest BCUT2D eigenvalue weighted by Crippen LogP contribution is -2.58. The molecule has 4 heterocycles. The molecular weight excluding hydrogens is 450 g/mol. The van der Waals surface area contributed by atoms with Crippen LogP contribution in [0.5, 0.6) is 0 Å². The zero-order valence-corrected chi connectivity index (χ0v) is 20.8. The average molecular weight is 486 g/mol. The van der Waals surface area contributed by atoms with Gasteiger partial charge in [0.2, 0.25) is 0 Å². The van der Waals surface area contributed by atoms with Gasteiger partial charge in [-0.3, -0.25) is 9.69 Å². The molecule has 188 valence electrons. The van der Waals surface area contributed by atoms with Crippen molar-refractivity contribution in [3.63, 3.8) is 0 Å². The number of H-pyrrole nitrogens is 1. The van der Waals surface area contributed by atoms with Crippen LogP contribution in [0, 0.1) is 11.8 Å². The third-order valence-electron chi connectivity index (χ3n) is 9.62. The smallest absolute Gasteiger partial charge is 0.304 e. The van der Waals surface area contributed by atoms with E-state index in [1.54, 1.807) is 6.07 Å². The van der Waals surface area contributed by atoms with Crippen molar-refractivity contribution >= 4 is 11.0 Å². The summed E-state index contributed by atoms with van der Waals surface area (Å²) in [4.78, 5) is 40.0. The fourth-order valence-electron chi connectivity index (χ4n) is 8.33.